The predicted molar refractivity (Wildman–Crippen MR) is 107 cm³/mol. The first-order valence-electron chi connectivity index (χ1n) is 9.20. The van der Waals surface area contributed by atoms with Gasteiger partial charge in [0.05, 0.1) is 12.0 Å². The van der Waals surface area contributed by atoms with Crippen LogP contribution in [-0.4, -0.2) is 68.0 Å². The van der Waals surface area contributed by atoms with E-state index in [1.807, 2.05) is 0 Å². The fraction of sp³-hybridized carbons (Fsp3) is 0.350. The molecule has 1 aliphatic rings. The topological polar surface area (TPSA) is 96.4 Å². The Morgan fingerprint density at radius 3 is 2.07 bits per heavy atom. The van der Waals surface area contributed by atoms with Crippen LogP contribution in [0.5, 0.6) is 17.2 Å². The molecule has 0 aromatic heterocycles. The van der Waals surface area contributed by atoms with Crippen LogP contribution in [0.1, 0.15) is 6.92 Å². The van der Waals surface area contributed by atoms with Gasteiger partial charge in [-0.3, -0.25) is 4.79 Å². The van der Waals surface area contributed by atoms with E-state index in [1.165, 1.54) is 35.7 Å². The van der Waals surface area contributed by atoms with Gasteiger partial charge in [-0.25, -0.2) is 8.42 Å². The summed E-state index contributed by atoms with van der Waals surface area (Å²) in [5.41, 5.74) is 0. The number of amides is 1. The summed E-state index contributed by atoms with van der Waals surface area (Å²) >= 11 is 0. The van der Waals surface area contributed by atoms with Crippen molar-refractivity contribution in [2.75, 3.05) is 33.3 Å². The van der Waals surface area contributed by atoms with Gasteiger partial charge in [0.25, 0.3) is 5.91 Å². The van der Waals surface area contributed by atoms with Crippen LogP contribution < -0.4 is 9.47 Å². The van der Waals surface area contributed by atoms with Crippen LogP contribution >= 0.6 is 0 Å². The number of ether oxygens (including phenoxy) is 2. The first-order chi connectivity index (χ1) is 13.8. The number of phenols is 1. The lowest BCUT2D eigenvalue weighted by atomic mass is 10.2. The molecule has 2 aromatic rings. The number of methoxy groups -OCH3 is 1. The van der Waals surface area contributed by atoms with Crippen molar-refractivity contribution in [2.24, 2.45) is 0 Å². The molecule has 0 saturated carbocycles. The Labute approximate surface area is 170 Å². The van der Waals surface area contributed by atoms with Gasteiger partial charge in [0.15, 0.2) is 6.10 Å². The quantitative estimate of drug-likeness (QED) is 0.764. The highest BCUT2D eigenvalue weighted by Gasteiger charge is 2.32. The lowest BCUT2D eigenvalue weighted by molar-refractivity contribution is -0.139. The van der Waals surface area contributed by atoms with Crippen LogP contribution in [0.3, 0.4) is 0 Å². The van der Waals surface area contributed by atoms with Gasteiger partial charge in [0, 0.05) is 26.2 Å². The lowest BCUT2D eigenvalue weighted by Gasteiger charge is -2.35. The van der Waals surface area contributed by atoms with Crippen molar-refractivity contribution in [2.45, 2.75) is 17.9 Å². The van der Waals surface area contributed by atoms with Gasteiger partial charge in [-0.05, 0) is 55.5 Å². The van der Waals surface area contributed by atoms with Gasteiger partial charge < -0.3 is 19.5 Å². The van der Waals surface area contributed by atoms with E-state index in [1.54, 1.807) is 36.1 Å². The van der Waals surface area contributed by atoms with E-state index in [4.69, 9.17) is 9.47 Å². The summed E-state index contributed by atoms with van der Waals surface area (Å²) in [7, 11) is -2.10. The Hall–Kier alpha value is -2.78. The monoisotopic (exact) mass is 420 g/mol. The molecule has 1 fully saturated rings. The third kappa shape index (κ3) is 4.80. The summed E-state index contributed by atoms with van der Waals surface area (Å²) < 4.78 is 37.7. The molecule has 3 rings (SSSR count). The first kappa shape index (κ1) is 20.9. The molecule has 1 unspecified atom stereocenters. The molecule has 0 spiro atoms. The highest BCUT2D eigenvalue weighted by molar-refractivity contribution is 7.89. The van der Waals surface area contributed by atoms with E-state index >= 15 is 0 Å². The molecule has 0 radical (unpaired) electrons. The molecule has 29 heavy (non-hydrogen) atoms. The minimum Gasteiger partial charge on any atom is -0.508 e. The molecule has 9 heteroatoms. The van der Waals surface area contributed by atoms with E-state index < -0.39 is 16.1 Å². The Balaban J connectivity index is 1.58. The number of sulfonamides is 1. The van der Waals surface area contributed by atoms with Gasteiger partial charge >= 0.3 is 0 Å². The molecule has 1 N–H and O–H groups in total. The SMILES string of the molecule is COc1ccc(S(=O)(=O)N2CCN(C(=O)C(C)Oc3ccc(O)cc3)CC2)cc1. The maximum Gasteiger partial charge on any atom is 0.263 e. The first-order valence-corrected chi connectivity index (χ1v) is 10.6. The number of hydrogen-bond acceptors (Lipinski definition) is 6. The van der Waals surface area contributed by atoms with E-state index in [0.717, 1.165) is 0 Å². The van der Waals surface area contributed by atoms with Crippen LogP contribution in [0.25, 0.3) is 0 Å². The van der Waals surface area contributed by atoms with E-state index in [2.05, 4.69) is 0 Å². The minimum absolute atomic E-state index is 0.116. The van der Waals surface area contributed by atoms with Crippen molar-refractivity contribution in [3.8, 4) is 17.2 Å². The number of carbonyl (C=O) groups excluding carboxylic acids is 1. The molecule has 156 valence electrons. The Morgan fingerprint density at radius 2 is 1.52 bits per heavy atom. The Kier molecular flexibility index (Phi) is 6.29. The number of nitrogens with zero attached hydrogens (tertiary/aromatic N) is 2. The average Bonchev–Trinajstić information content (AvgIpc) is 2.75. The zero-order valence-corrected chi connectivity index (χ0v) is 17.1. The van der Waals surface area contributed by atoms with Crippen molar-refractivity contribution in [3.63, 3.8) is 0 Å². The number of hydrogen-bond donors (Lipinski definition) is 1. The van der Waals surface area contributed by atoms with Crippen molar-refractivity contribution in [1.82, 2.24) is 9.21 Å². The van der Waals surface area contributed by atoms with Gasteiger partial charge in [-0.1, -0.05) is 0 Å². The number of rotatable bonds is 6. The molecule has 1 heterocycles. The average molecular weight is 420 g/mol. The van der Waals surface area contributed by atoms with Crippen LogP contribution in [0, 0.1) is 0 Å². The highest BCUT2D eigenvalue weighted by Crippen LogP contribution is 2.22. The van der Waals surface area contributed by atoms with Crippen molar-refractivity contribution in [1.29, 1.82) is 0 Å². The molecule has 1 saturated heterocycles. The third-order valence-corrected chi connectivity index (χ3v) is 6.66. The molecule has 1 amide bonds. The highest BCUT2D eigenvalue weighted by atomic mass is 32.2. The molecular weight excluding hydrogens is 396 g/mol. The fourth-order valence-electron chi connectivity index (χ4n) is 3.08. The summed E-state index contributed by atoms with van der Waals surface area (Å²) in [4.78, 5) is 14.4. The zero-order valence-electron chi connectivity index (χ0n) is 16.3. The van der Waals surface area contributed by atoms with Crippen molar-refractivity contribution < 1.29 is 27.8 Å². The standard InChI is InChI=1S/C20H24N2O6S/c1-15(28-18-5-3-16(23)4-6-18)20(24)21-11-13-22(14-12-21)29(25,26)19-9-7-17(27-2)8-10-19/h3-10,15,23H,11-14H2,1-2H3. The molecule has 0 aliphatic carbocycles. The number of benzene rings is 2. The predicted octanol–water partition coefficient (Wildman–Crippen LogP) is 1.70. The second kappa shape index (κ2) is 8.71. The van der Waals surface area contributed by atoms with Crippen LogP contribution in [0.4, 0.5) is 0 Å². The number of piperazine rings is 1. The van der Waals surface area contributed by atoms with Crippen molar-refractivity contribution in [3.05, 3.63) is 48.5 Å². The summed E-state index contributed by atoms with van der Waals surface area (Å²) in [6, 6.07) is 12.4. The zero-order chi connectivity index (χ0) is 21.0. The lowest BCUT2D eigenvalue weighted by Crippen LogP contribution is -2.53. The summed E-state index contributed by atoms with van der Waals surface area (Å²) in [5.74, 6) is 0.969. The van der Waals surface area contributed by atoms with Crippen LogP contribution in [0.2, 0.25) is 0 Å². The van der Waals surface area contributed by atoms with E-state index in [0.29, 0.717) is 11.5 Å². The van der Waals surface area contributed by atoms with Gasteiger partial charge in [0.2, 0.25) is 10.0 Å². The number of phenolic OH excluding ortho intramolecular Hbond substituents is 1. The summed E-state index contributed by atoms with van der Waals surface area (Å²) in [6.07, 6.45) is -0.718. The summed E-state index contributed by atoms with van der Waals surface area (Å²) in [6.45, 7) is 2.66. The maximum atomic E-state index is 12.8. The number of carbonyl (C=O) groups is 1. The van der Waals surface area contributed by atoms with Gasteiger partial charge in [0.1, 0.15) is 17.2 Å². The van der Waals surface area contributed by atoms with E-state index in [9.17, 15) is 18.3 Å². The molecule has 0 bridgehead atoms. The smallest absolute Gasteiger partial charge is 0.263 e. The fourth-order valence-corrected chi connectivity index (χ4v) is 4.50. The van der Waals surface area contributed by atoms with Gasteiger partial charge in [-0.2, -0.15) is 4.31 Å². The van der Waals surface area contributed by atoms with Gasteiger partial charge in [-0.15, -0.1) is 0 Å². The van der Waals surface area contributed by atoms with Crippen LogP contribution in [-0.2, 0) is 14.8 Å². The molecular formula is C20H24N2O6S. The molecule has 1 aliphatic heterocycles. The van der Waals surface area contributed by atoms with Crippen LogP contribution in [0.15, 0.2) is 53.4 Å². The molecule has 8 nitrogen and oxygen atoms in total. The molecule has 1 atom stereocenters. The normalized spacial score (nSPS) is 16.3. The largest absolute Gasteiger partial charge is 0.508 e. The van der Waals surface area contributed by atoms with E-state index in [-0.39, 0.29) is 42.7 Å². The number of aromatic hydroxyl groups is 1. The summed E-state index contributed by atoms with van der Waals surface area (Å²) in [5, 5.41) is 9.31. The molecule has 2 aromatic carbocycles. The Morgan fingerprint density at radius 1 is 0.966 bits per heavy atom. The second-order valence-electron chi connectivity index (χ2n) is 6.66. The minimum atomic E-state index is -3.62. The Bertz CT molecular complexity index is 936. The second-order valence-corrected chi connectivity index (χ2v) is 8.60. The van der Waals surface area contributed by atoms with Crippen molar-refractivity contribution >= 4 is 15.9 Å². The maximum absolute atomic E-state index is 12.8. The third-order valence-electron chi connectivity index (χ3n) is 4.74.